The molecule has 6 heteroatoms. The number of amides is 1. The van der Waals surface area contributed by atoms with Crippen LogP contribution in [0.4, 0.5) is 23.0 Å². The molecule has 1 amide bonds. The number of aryl methyl sites for hydroxylation is 1. The standard InChI is InChI=1S/C17H23N5O/c1-5-22(6-2)17-11-16(18-12(3)19-17)21-15-9-7-8-14(10-15)20-13(4)23/h7-11H,5-6H2,1-4H3,(H,20,23)(H,18,19,21). The molecule has 2 N–H and O–H groups in total. The summed E-state index contributed by atoms with van der Waals surface area (Å²) >= 11 is 0. The Balaban J connectivity index is 2.24. The highest BCUT2D eigenvalue weighted by molar-refractivity contribution is 5.89. The zero-order valence-electron chi connectivity index (χ0n) is 14.1. The SMILES string of the molecule is CCN(CC)c1cc(Nc2cccc(NC(C)=O)c2)nc(C)n1. The number of rotatable bonds is 6. The molecule has 0 aliphatic carbocycles. The number of anilines is 4. The van der Waals surface area contributed by atoms with E-state index in [1.165, 1.54) is 6.92 Å². The number of hydrogen-bond acceptors (Lipinski definition) is 5. The Morgan fingerprint density at radius 3 is 2.48 bits per heavy atom. The van der Waals surface area contributed by atoms with Crippen LogP contribution in [0.3, 0.4) is 0 Å². The fraction of sp³-hybridized carbons (Fsp3) is 0.353. The van der Waals surface area contributed by atoms with Gasteiger partial charge in [-0.3, -0.25) is 4.79 Å². The summed E-state index contributed by atoms with van der Waals surface area (Å²) < 4.78 is 0. The summed E-state index contributed by atoms with van der Waals surface area (Å²) in [5.41, 5.74) is 1.61. The zero-order chi connectivity index (χ0) is 16.8. The molecule has 0 aliphatic heterocycles. The van der Waals surface area contributed by atoms with Crippen LogP contribution in [-0.4, -0.2) is 29.0 Å². The summed E-state index contributed by atoms with van der Waals surface area (Å²) in [6.45, 7) is 9.36. The maximum absolute atomic E-state index is 11.2. The Bertz CT molecular complexity index is 682. The predicted molar refractivity (Wildman–Crippen MR) is 94.4 cm³/mol. The van der Waals surface area contributed by atoms with Crippen molar-refractivity contribution in [3.63, 3.8) is 0 Å². The molecule has 0 atom stereocenters. The molecular formula is C17H23N5O. The summed E-state index contributed by atoms with van der Waals surface area (Å²) in [6.07, 6.45) is 0. The first-order valence-electron chi connectivity index (χ1n) is 7.77. The summed E-state index contributed by atoms with van der Waals surface area (Å²) in [5, 5.41) is 6.04. The van der Waals surface area contributed by atoms with Crippen molar-refractivity contribution in [1.29, 1.82) is 0 Å². The molecule has 1 heterocycles. The molecule has 0 fully saturated rings. The van der Waals surface area contributed by atoms with Crippen LogP contribution >= 0.6 is 0 Å². The lowest BCUT2D eigenvalue weighted by atomic mass is 10.2. The summed E-state index contributed by atoms with van der Waals surface area (Å²) in [7, 11) is 0. The Hall–Kier alpha value is -2.63. The predicted octanol–water partition coefficient (Wildman–Crippen LogP) is 3.33. The highest BCUT2D eigenvalue weighted by Gasteiger charge is 2.08. The van der Waals surface area contributed by atoms with Crippen LogP contribution in [0.1, 0.15) is 26.6 Å². The normalized spacial score (nSPS) is 10.3. The van der Waals surface area contributed by atoms with Crippen molar-refractivity contribution < 1.29 is 4.79 Å². The van der Waals surface area contributed by atoms with Crippen molar-refractivity contribution in [2.24, 2.45) is 0 Å². The first-order valence-corrected chi connectivity index (χ1v) is 7.77. The van der Waals surface area contributed by atoms with Gasteiger partial charge in [0.25, 0.3) is 0 Å². The van der Waals surface area contributed by atoms with Gasteiger partial charge in [-0.1, -0.05) is 6.07 Å². The smallest absolute Gasteiger partial charge is 0.221 e. The Morgan fingerprint density at radius 1 is 1.13 bits per heavy atom. The highest BCUT2D eigenvalue weighted by atomic mass is 16.1. The third-order valence-corrected chi connectivity index (χ3v) is 3.37. The minimum atomic E-state index is -0.0937. The van der Waals surface area contributed by atoms with E-state index in [4.69, 9.17) is 0 Å². The van der Waals surface area contributed by atoms with Crippen LogP contribution in [0.25, 0.3) is 0 Å². The van der Waals surface area contributed by atoms with Crippen molar-refractivity contribution in [2.75, 3.05) is 28.6 Å². The van der Waals surface area contributed by atoms with E-state index < -0.39 is 0 Å². The van der Waals surface area contributed by atoms with Gasteiger partial charge in [0.1, 0.15) is 17.5 Å². The zero-order valence-corrected chi connectivity index (χ0v) is 14.1. The Labute approximate surface area is 137 Å². The second kappa shape index (κ2) is 7.58. The number of aromatic nitrogens is 2. The molecule has 0 saturated carbocycles. The van der Waals surface area contributed by atoms with Gasteiger partial charge in [-0.15, -0.1) is 0 Å². The molecule has 0 aliphatic rings. The first-order chi connectivity index (χ1) is 11.0. The van der Waals surface area contributed by atoms with Gasteiger partial charge >= 0.3 is 0 Å². The Morgan fingerprint density at radius 2 is 1.83 bits per heavy atom. The van der Waals surface area contributed by atoms with E-state index in [0.717, 1.165) is 41.9 Å². The lowest BCUT2D eigenvalue weighted by Gasteiger charge is -2.20. The van der Waals surface area contributed by atoms with Gasteiger partial charge < -0.3 is 15.5 Å². The van der Waals surface area contributed by atoms with E-state index in [2.05, 4.69) is 39.3 Å². The fourth-order valence-electron chi connectivity index (χ4n) is 2.35. The first kappa shape index (κ1) is 16.7. The van der Waals surface area contributed by atoms with Gasteiger partial charge in [0.2, 0.25) is 5.91 Å². The maximum atomic E-state index is 11.2. The number of benzene rings is 1. The minimum absolute atomic E-state index is 0.0937. The van der Waals surface area contributed by atoms with E-state index in [0.29, 0.717) is 0 Å². The molecule has 2 rings (SSSR count). The van der Waals surface area contributed by atoms with Crippen LogP contribution in [0, 0.1) is 6.92 Å². The Kier molecular flexibility index (Phi) is 5.51. The van der Waals surface area contributed by atoms with E-state index >= 15 is 0 Å². The van der Waals surface area contributed by atoms with Crippen molar-refractivity contribution in [1.82, 2.24) is 9.97 Å². The topological polar surface area (TPSA) is 70.2 Å². The van der Waals surface area contributed by atoms with Crippen LogP contribution < -0.4 is 15.5 Å². The van der Waals surface area contributed by atoms with Crippen LogP contribution in [-0.2, 0) is 4.79 Å². The quantitative estimate of drug-likeness (QED) is 0.856. The van der Waals surface area contributed by atoms with Crippen LogP contribution in [0.15, 0.2) is 30.3 Å². The fourth-order valence-corrected chi connectivity index (χ4v) is 2.35. The summed E-state index contributed by atoms with van der Waals surface area (Å²) in [6, 6.07) is 9.47. The molecule has 1 aromatic carbocycles. The number of hydrogen-bond donors (Lipinski definition) is 2. The molecule has 0 saturated heterocycles. The van der Waals surface area contributed by atoms with Crippen molar-refractivity contribution >= 4 is 28.9 Å². The summed E-state index contributed by atoms with van der Waals surface area (Å²) in [4.78, 5) is 22.3. The van der Waals surface area contributed by atoms with E-state index in [9.17, 15) is 4.79 Å². The molecule has 2 aromatic rings. The van der Waals surface area contributed by atoms with Crippen LogP contribution in [0.2, 0.25) is 0 Å². The third-order valence-electron chi connectivity index (χ3n) is 3.37. The maximum Gasteiger partial charge on any atom is 0.221 e. The molecule has 23 heavy (non-hydrogen) atoms. The third kappa shape index (κ3) is 4.67. The van der Waals surface area contributed by atoms with Crippen molar-refractivity contribution in [3.05, 3.63) is 36.2 Å². The molecule has 0 radical (unpaired) electrons. The molecule has 0 unspecified atom stereocenters. The second-order valence-electron chi connectivity index (χ2n) is 5.22. The van der Waals surface area contributed by atoms with Gasteiger partial charge in [-0.05, 0) is 39.0 Å². The molecule has 122 valence electrons. The van der Waals surface area contributed by atoms with E-state index in [-0.39, 0.29) is 5.91 Å². The van der Waals surface area contributed by atoms with Gasteiger partial charge in [-0.2, -0.15) is 0 Å². The highest BCUT2D eigenvalue weighted by Crippen LogP contribution is 2.22. The number of carbonyl (C=O) groups is 1. The van der Waals surface area contributed by atoms with Gasteiger partial charge in [-0.25, -0.2) is 9.97 Å². The van der Waals surface area contributed by atoms with Gasteiger partial charge in [0.05, 0.1) is 0 Å². The largest absolute Gasteiger partial charge is 0.357 e. The number of nitrogens with zero attached hydrogens (tertiary/aromatic N) is 3. The number of nitrogens with one attached hydrogen (secondary N) is 2. The second-order valence-corrected chi connectivity index (χ2v) is 5.22. The van der Waals surface area contributed by atoms with E-state index in [1.807, 2.05) is 37.3 Å². The summed E-state index contributed by atoms with van der Waals surface area (Å²) in [5.74, 6) is 2.26. The minimum Gasteiger partial charge on any atom is -0.357 e. The molecule has 0 bridgehead atoms. The average molecular weight is 313 g/mol. The monoisotopic (exact) mass is 313 g/mol. The molecule has 1 aromatic heterocycles. The van der Waals surface area contributed by atoms with Gasteiger partial charge in [0.15, 0.2) is 0 Å². The lowest BCUT2D eigenvalue weighted by Crippen LogP contribution is -2.23. The van der Waals surface area contributed by atoms with Crippen LogP contribution in [0.5, 0.6) is 0 Å². The van der Waals surface area contributed by atoms with Crippen molar-refractivity contribution in [2.45, 2.75) is 27.7 Å². The van der Waals surface area contributed by atoms with Crippen molar-refractivity contribution in [3.8, 4) is 0 Å². The molecule has 0 spiro atoms. The number of carbonyl (C=O) groups excluding carboxylic acids is 1. The van der Waals surface area contributed by atoms with Gasteiger partial charge in [0, 0.05) is 37.5 Å². The molecule has 6 nitrogen and oxygen atoms in total. The lowest BCUT2D eigenvalue weighted by molar-refractivity contribution is -0.114. The van der Waals surface area contributed by atoms with E-state index in [1.54, 1.807) is 0 Å². The molecular weight excluding hydrogens is 290 g/mol. The average Bonchev–Trinajstić information content (AvgIpc) is 2.47.